The first-order chi connectivity index (χ1) is 15.8. The van der Waals surface area contributed by atoms with Crippen LogP contribution in [0.3, 0.4) is 0 Å². The molecule has 2 aromatic heterocycles. The Morgan fingerprint density at radius 1 is 1.06 bits per heavy atom. The van der Waals surface area contributed by atoms with Crippen molar-refractivity contribution in [2.24, 2.45) is 0 Å². The predicted molar refractivity (Wildman–Crippen MR) is 123 cm³/mol. The Labute approximate surface area is 204 Å². The highest BCUT2D eigenvalue weighted by Crippen LogP contribution is 2.30. The lowest BCUT2D eigenvalue weighted by atomic mass is 10.1. The number of carbonyl (C=O) groups excluding carboxylic acids is 1. The van der Waals surface area contributed by atoms with E-state index in [1.54, 1.807) is 45.2 Å². The summed E-state index contributed by atoms with van der Waals surface area (Å²) in [5.41, 5.74) is 4.97. The second kappa shape index (κ2) is 12.3. The van der Waals surface area contributed by atoms with Crippen molar-refractivity contribution >= 4 is 18.5 Å². The van der Waals surface area contributed by atoms with Gasteiger partial charge in [-0.25, -0.2) is 4.79 Å². The minimum atomic E-state index is -0.578. The third kappa shape index (κ3) is 7.37. The Hall–Kier alpha value is -3.28. The maximum Gasteiger partial charge on any atom is 0.435 e. The number of nitrogens with one attached hydrogen (secondary N) is 1. The highest BCUT2D eigenvalue weighted by Gasteiger charge is 2.35. The first-order valence-corrected chi connectivity index (χ1v) is 10.6. The van der Waals surface area contributed by atoms with Crippen LogP contribution in [-0.4, -0.2) is 39.9 Å². The number of hydrogen-bond donors (Lipinski definition) is 1. The molecule has 11 heteroatoms. The van der Waals surface area contributed by atoms with Gasteiger partial charge >= 0.3 is 6.09 Å². The van der Waals surface area contributed by atoms with Gasteiger partial charge in [0.2, 0.25) is 0 Å². The quantitative estimate of drug-likeness (QED) is 0.670. The lowest BCUT2D eigenvalue weighted by molar-refractivity contribution is -0.125. The number of rotatable bonds is 2. The fourth-order valence-electron chi connectivity index (χ4n) is 3.17. The number of hydrogen-bond acceptors (Lipinski definition) is 9. The molecule has 1 amide bonds. The van der Waals surface area contributed by atoms with Crippen LogP contribution in [-0.2, 0) is 14.4 Å². The summed E-state index contributed by atoms with van der Waals surface area (Å²) in [6.45, 7) is 6.56. The Bertz CT molecular complexity index is 1020. The first kappa shape index (κ1) is 27.0. The van der Waals surface area contributed by atoms with Crippen molar-refractivity contribution in [3.63, 3.8) is 0 Å². The van der Waals surface area contributed by atoms with Crippen LogP contribution in [0.5, 0.6) is 0 Å². The summed E-state index contributed by atoms with van der Waals surface area (Å²) in [4.78, 5) is 30.8. The molecule has 180 valence electrons. The lowest BCUT2D eigenvalue weighted by Gasteiger charge is -2.26. The van der Waals surface area contributed by atoms with E-state index in [9.17, 15) is 4.79 Å². The standard InChI is InChI=1S/C14H17N3O3.C9H9N3O.ClH/c1-14(2,3)20-13(18)17-12(6-7-19-17)11-5-4-10(8-15)9-16-11;10-5-7-1-2-8(11-6-7)9-3-4-13-12-9;/h4-5,9,12H,6-7H2,1-3H3;1-2,6,9,12H,3-4H2;1H/t12-;9-;/m00./s1. The molecular weight excluding hydrogens is 460 g/mol. The summed E-state index contributed by atoms with van der Waals surface area (Å²) in [7, 11) is 0. The van der Waals surface area contributed by atoms with Crippen molar-refractivity contribution in [2.45, 2.75) is 51.3 Å². The third-order valence-electron chi connectivity index (χ3n) is 4.74. The molecule has 2 fully saturated rings. The normalized spacial score (nSPS) is 19.1. The number of pyridine rings is 2. The summed E-state index contributed by atoms with van der Waals surface area (Å²) in [6, 6.07) is 11.0. The molecule has 0 spiro atoms. The number of ether oxygens (including phenoxy) is 1. The smallest absolute Gasteiger partial charge is 0.435 e. The van der Waals surface area contributed by atoms with Crippen LogP contribution in [0.2, 0.25) is 0 Å². The molecule has 2 aliphatic rings. The predicted octanol–water partition coefficient (Wildman–Crippen LogP) is 3.91. The van der Waals surface area contributed by atoms with Gasteiger partial charge in [0.05, 0.1) is 41.8 Å². The molecule has 4 heterocycles. The number of halogens is 1. The number of nitriles is 2. The Kier molecular flexibility index (Phi) is 9.72. The fraction of sp³-hybridized carbons (Fsp3) is 0.435. The van der Waals surface area contributed by atoms with E-state index in [2.05, 4.69) is 15.4 Å². The summed E-state index contributed by atoms with van der Waals surface area (Å²) in [5.74, 6) is 0. The zero-order chi connectivity index (χ0) is 23.8. The molecular formula is C23H27ClN6O4. The monoisotopic (exact) mass is 486 g/mol. The summed E-state index contributed by atoms with van der Waals surface area (Å²) in [6.07, 6.45) is 4.12. The average molecular weight is 487 g/mol. The van der Waals surface area contributed by atoms with Crippen LogP contribution in [0, 0.1) is 22.7 Å². The van der Waals surface area contributed by atoms with E-state index in [0.717, 1.165) is 12.1 Å². The maximum absolute atomic E-state index is 12.1. The summed E-state index contributed by atoms with van der Waals surface area (Å²) in [5, 5.41) is 18.5. The van der Waals surface area contributed by atoms with Gasteiger partial charge in [0.1, 0.15) is 23.8 Å². The van der Waals surface area contributed by atoms with E-state index in [1.807, 2.05) is 18.2 Å². The largest absolute Gasteiger partial charge is 0.442 e. The van der Waals surface area contributed by atoms with E-state index in [0.29, 0.717) is 36.5 Å². The number of amides is 1. The molecule has 0 saturated carbocycles. The minimum absolute atomic E-state index is 0. The second-order valence-corrected chi connectivity index (χ2v) is 8.42. The second-order valence-electron chi connectivity index (χ2n) is 8.42. The maximum atomic E-state index is 12.1. The summed E-state index contributed by atoms with van der Waals surface area (Å²) < 4.78 is 5.30. The zero-order valence-electron chi connectivity index (χ0n) is 19.2. The molecule has 10 nitrogen and oxygen atoms in total. The molecule has 0 aromatic carbocycles. The lowest BCUT2D eigenvalue weighted by Crippen LogP contribution is -2.35. The van der Waals surface area contributed by atoms with Crippen LogP contribution in [0.25, 0.3) is 0 Å². The summed E-state index contributed by atoms with van der Waals surface area (Å²) >= 11 is 0. The van der Waals surface area contributed by atoms with Gasteiger partial charge in [0.25, 0.3) is 0 Å². The minimum Gasteiger partial charge on any atom is -0.442 e. The molecule has 2 saturated heterocycles. The van der Waals surface area contributed by atoms with Gasteiger partial charge in [-0.15, -0.1) is 12.4 Å². The number of hydroxylamine groups is 3. The zero-order valence-corrected chi connectivity index (χ0v) is 20.0. The van der Waals surface area contributed by atoms with Gasteiger partial charge in [-0.05, 0) is 51.5 Å². The van der Waals surface area contributed by atoms with Crippen LogP contribution in [0.4, 0.5) is 4.79 Å². The molecule has 1 N–H and O–H groups in total. The molecule has 34 heavy (non-hydrogen) atoms. The molecule has 0 bridgehead atoms. The Morgan fingerprint density at radius 3 is 2.15 bits per heavy atom. The molecule has 2 aliphatic heterocycles. The topological polar surface area (TPSA) is 133 Å². The molecule has 2 aromatic rings. The van der Waals surface area contributed by atoms with Gasteiger partial charge in [-0.2, -0.15) is 21.1 Å². The molecule has 4 rings (SSSR count). The Balaban J connectivity index is 0.000000253. The van der Waals surface area contributed by atoms with Crippen molar-refractivity contribution in [3.8, 4) is 12.1 Å². The molecule has 0 radical (unpaired) electrons. The van der Waals surface area contributed by atoms with Gasteiger partial charge in [0, 0.05) is 18.8 Å². The van der Waals surface area contributed by atoms with E-state index in [-0.39, 0.29) is 24.5 Å². The van der Waals surface area contributed by atoms with Crippen molar-refractivity contribution < 1.29 is 19.2 Å². The van der Waals surface area contributed by atoms with Crippen LogP contribution in [0.1, 0.15) is 68.2 Å². The highest BCUT2D eigenvalue weighted by atomic mass is 35.5. The highest BCUT2D eigenvalue weighted by molar-refractivity contribution is 5.85. The van der Waals surface area contributed by atoms with Crippen molar-refractivity contribution in [2.75, 3.05) is 13.2 Å². The number of nitrogens with zero attached hydrogens (tertiary/aromatic N) is 5. The van der Waals surface area contributed by atoms with Gasteiger partial charge in [-0.1, -0.05) is 0 Å². The van der Waals surface area contributed by atoms with E-state index < -0.39 is 11.7 Å². The fourth-order valence-corrected chi connectivity index (χ4v) is 3.17. The van der Waals surface area contributed by atoms with Gasteiger partial charge in [0.15, 0.2) is 0 Å². The number of aromatic nitrogens is 2. The molecule has 0 aliphatic carbocycles. The third-order valence-corrected chi connectivity index (χ3v) is 4.74. The number of carbonyl (C=O) groups is 1. The SMILES string of the molecule is CC(C)(C)OC(=O)N1OCC[C@H]1c1ccc(C#N)cn1.Cl.N#Cc1ccc([C@@H]2CCON2)nc1. The van der Waals surface area contributed by atoms with Crippen LogP contribution >= 0.6 is 12.4 Å². The van der Waals surface area contributed by atoms with E-state index in [4.69, 9.17) is 24.9 Å². The van der Waals surface area contributed by atoms with E-state index >= 15 is 0 Å². The average Bonchev–Trinajstić information content (AvgIpc) is 3.51. The van der Waals surface area contributed by atoms with Crippen LogP contribution < -0.4 is 5.48 Å². The molecule has 2 atom stereocenters. The van der Waals surface area contributed by atoms with Gasteiger partial charge < -0.3 is 9.57 Å². The van der Waals surface area contributed by atoms with E-state index in [1.165, 1.54) is 11.3 Å². The molecule has 0 unspecified atom stereocenters. The van der Waals surface area contributed by atoms with Gasteiger partial charge in [-0.3, -0.25) is 14.8 Å². The Morgan fingerprint density at radius 2 is 1.68 bits per heavy atom. The van der Waals surface area contributed by atoms with Crippen molar-refractivity contribution in [1.29, 1.82) is 10.5 Å². The van der Waals surface area contributed by atoms with Crippen LogP contribution in [0.15, 0.2) is 36.7 Å². The van der Waals surface area contributed by atoms with Crippen molar-refractivity contribution in [3.05, 3.63) is 59.2 Å². The van der Waals surface area contributed by atoms with Crippen molar-refractivity contribution in [1.82, 2.24) is 20.5 Å². The first-order valence-electron chi connectivity index (χ1n) is 10.6.